The number of nitrogens with zero attached hydrogens (tertiary/aromatic N) is 4. The maximum absolute atomic E-state index is 13.4. The Morgan fingerprint density at radius 1 is 1.28 bits per heavy atom. The number of nitriles is 1. The number of carbonyl (C=O) groups is 1. The first kappa shape index (κ1) is 24.7. The molecule has 0 spiro atoms. The van der Waals surface area contributed by atoms with Gasteiger partial charge in [0.1, 0.15) is 6.04 Å². The fourth-order valence-electron chi connectivity index (χ4n) is 4.33. The second-order valence-electron chi connectivity index (χ2n) is 8.11. The molecule has 0 saturated carbocycles. The summed E-state index contributed by atoms with van der Waals surface area (Å²) in [6, 6.07) is 9.61. The zero-order chi connectivity index (χ0) is 26.4. The Labute approximate surface area is 202 Å². The predicted molar refractivity (Wildman–Crippen MR) is 121 cm³/mol. The highest BCUT2D eigenvalue weighted by atomic mass is 19.4. The fraction of sp³-hybridized carbons (Fsp3) is 0.250. The highest BCUT2D eigenvalue weighted by molar-refractivity contribution is 5.93. The number of halogens is 3. The molecular weight excluding hydrogens is 479 g/mol. The highest BCUT2D eigenvalue weighted by Gasteiger charge is 2.41. The Kier molecular flexibility index (Phi) is 6.19. The van der Waals surface area contributed by atoms with E-state index in [1.807, 2.05) is 6.07 Å². The lowest BCUT2D eigenvalue weighted by molar-refractivity contribution is -0.138. The van der Waals surface area contributed by atoms with Crippen LogP contribution in [0.1, 0.15) is 48.2 Å². The Balaban J connectivity index is 2.05. The molecule has 2 heterocycles. The summed E-state index contributed by atoms with van der Waals surface area (Å²) in [7, 11) is 1.14. The van der Waals surface area contributed by atoms with Crippen LogP contribution in [0.5, 0.6) is 0 Å². The average Bonchev–Trinajstić information content (AvgIpc) is 3.22. The number of methoxy groups -OCH3 is 1. The van der Waals surface area contributed by atoms with E-state index in [0.29, 0.717) is 5.56 Å². The van der Waals surface area contributed by atoms with Gasteiger partial charge in [0.15, 0.2) is 0 Å². The fourth-order valence-corrected chi connectivity index (χ4v) is 4.33. The third kappa shape index (κ3) is 4.03. The number of nitrogens with one attached hydrogen (secondary N) is 1. The number of ether oxygens (including phenoxy) is 1. The molecule has 0 fully saturated rings. The summed E-state index contributed by atoms with van der Waals surface area (Å²) < 4.78 is 46.4. The zero-order valence-electron chi connectivity index (χ0n) is 19.3. The first-order chi connectivity index (χ1) is 17.0. The lowest BCUT2D eigenvalue weighted by Gasteiger charge is -2.36. The highest BCUT2D eigenvalue weighted by Crippen LogP contribution is 2.44. The standard InChI is InChI=1S/C24H20F3N5O4/c1-12-19(21(34)36-3)20(17-8-7-14(11-28)9-18(17)13(2)33)32-22(29-30-23(32)35)31(12)16-6-4-5-15(10-16)24(25,26)27/h4-10,13,20,33H,1-3H3,(H,30,35)/t13-,20-/m1/s1. The Bertz CT molecular complexity index is 1480. The Morgan fingerprint density at radius 3 is 2.61 bits per heavy atom. The molecule has 1 aliphatic rings. The van der Waals surface area contributed by atoms with Crippen molar-refractivity contribution in [3.8, 4) is 6.07 Å². The minimum Gasteiger partial charge on any atom is -0.466 e. The molecule has 186 valence electrons. The number of aliphatic hydroxyl groups is 1. The van der Waals surface area contributed by atoms with E-state index in [1.165, 1.54) is 49.1 Å². The average molecular weight is 499 g/mol. The molecule has 12 heteroatoms. The van der Waals surface area contributed by atoms with Crippen LogP contribution in [0, 0.1) is 11.3 Å². The van der Waals surface area contributed by atoms with E-state index in [1.54, 1.807) is 0 Å². The third-order valence-corrected chi connectivity index (χ3v) is 5.94. The summed E-state index contributed by atoms with van der Waals surface area (Å²) >= 11 is 0. The molecule has 1 aliphatic heterocycles. The maximum atomic E-state index is 13.4. The molecule has 0 saturated heterocycles. The molecule has 0 amide bonds. The summed E-state index contributed by atoms with van der Waals surface area (Å²) in [4.78, 5) is 27.3. The summed E-state index contributed by atoms with van der Waals surface area (Å²) in [5, 5.41) is 26.1. The largest absolute Gasteiger partial charge is 0.466 e. The monoisotopic (exact) mass is 499 g/mol. The van der Waals surface area contributed by atoms with Gasteiger partial charge >= 0.3 is 17.8 Å². The van der Waals surface area contributed by atoms with Crippen molar-refractivity contribution in [2.24, 2.45) is 0 Å². The van der Waals surface area contributed by atoms with Crippen LogP contribution in [0.15, 0.2) is 58.5 Å². The van der Waals surface area contributed by atoms with E-state index in [0.717, 1.165) is 23.8 Å². The summed E-state index contributed by atoms with van der Waals surface area (Å²) in [6.07, 6.45) is -5.71. The molecule has 1 aromatic heterocycles. The van der Waals surface area contributed by atoms with Gasteiger partial charge in [0.2, 0.25) is 5.95 Å². The number of aromatic amines is 1. The predicted octanol–water partition coefficient (Wildman–Crippen LogP) is 3.70. The molecule has 0 unspecified atom stereocenters. The van der Waals surface area contributed by atoms with Crippen LogP contribution in [-0.4, -0.2) is 33.0 Å². The van der Waals surface area contributed by atoms with Crippen LogP contribution in [0.2, 0.25) is 0 Å². The number of H-pyrrole nitrogens is 1. The molecule has 2 atom stereocenters. The maximum Gasteiger partial charge on any atom is 0.416 e. The minimum absolute atomic E-state index is 0.0120. The number of esters is 1. The number of carbonyl (C=O) groups excluding carboxylic acids is 1. The molecule has 2 N–H and O–H groups in total. The van der Waals surface area contributed by atoms with Gasteiger partial charge in [-0.25, -0.2) is 19.3 Å². The van der Waals surface area contributed by atoms with E-state index in [2.05, 4.69) is 10.2 Å². The van der Waals surface area contributed by atoms with Gasteiger partial charge in [-0.2, -0.15) is 18.4 Å². The van der Waals surface area contributed by atoms with E-state index in [-0.39, 0.29) is 34.0 Å². The first-order valence-corrected chi connectivity index (χ1v) is 10.6. The van der Waals surface area contributed by atoms with Crippen molar-refractivity contribution in [3.63, 3.8) is 0 Å². The Morgan fingerprint density at radius 2 is 2.00 bits per heavy atom. The third-order valence-electron chi connectivity index (χ3n) is 5.94. The molecule has 0 radical (unpaired) electrons. The number of benzene rings is 2. The van der Waals surface area contributed by atoms with Gasteiger partial charge in [-0.05, 0) is 55.3 Å². The van der Waals surface area contributed by atoms with Gasteiger partial charge in [0.05, 0.1) is 36.0 Å². The van der Waals surface area contributed by atoms with Gasteiger partial charge in [-0.3, -0.25) is 4.90 Å². The molecule has 9 nitrogen and oxygen atoms in total. The molecule has 2 aromatic carbocycles. The number of allylic oxidation sites excluding steroid dienone is 1. The second kappa shape index (κ2) is 9.01. The molecule has 4 rings (SSSR count). The molecule has 36 heavy (non-hydrogen) atoms. The van der Waals surface area contributed by atoms with E-state index < -0.39 is 35.5 Å². The van der Waals surface area contributed by atoms with Gasteiger partial charge in [0, 0.05) is 11.4 Å². The first-order valence-electron chi connectivity index (χ1n) is 10.6. The number of fused-ring (bicyclic) bond motifs is 1. The zero-order valence-corrected chi connectivity index (χ0v) is 19.3. The molecule has 0 aliphatic carbocycles. The van der Waals surface area contributed by atoms with Crippen LogP contribution in [-0.2, 0) is 15.7 Å². The summed E-state index contributed by atoms with van der Waals surface area (Å²) in [5.41, 5.74) is -0.716. The van der Waals surface area contributed by atoms with Crippen LogP contribution >= 0.6 is 0 Å². The van der Waals surface area contributed by atoms with E-state index >= 15 is 0 Å². The lowest BCUT2D eigenvalue weighted by atomic mass is 9.88. The SMILES string of the molecule is COC(=O)C1=C(C)N(c2cccc(C(F)(F)F)c2)c2n[nH]c(=O)n2[C@@H]1c1ccc(C#N)cc1[C@@H](C)O. The van der Waals surface area contributed by atoms with Crippen molar-refractivity contribution in [2.45, 2.75) is 32.2 Å². The van der Waals surface area contributed by atoms with Gasteiger partial charge < -0.3 is 9.84 Å². The van der Waals surface area contributed by atoms with Gasteiger partial charge in [0.25, 0.3) is 0 Å². The molecular formula is C24H20F3N5O4. The van der Waals surface area contributed by atoms with Crippen LogP contribution in [0.25, 0.3) is 0 Å². The Hall–Kier alpha value is -4.37. The van der Waals surface area contributed by atoms with E-state index in [9.17, 15) is 33.1 Å². The van der Waals surface area contributed by atoms with Crippen molar-refractivity contribution in [1.29, 1.82) is 5.26 Å². The summed E-state index contributed by atoms with van der Waals surface area (Å²) in [6.45, 7) is 2.96. The normalized spacial score (nSPS) is 16.4. The van der Waals surface area contributed by atoms with Gasteiger partial charge in [-0.15, -0.1) is 5.10 Å². The smallest absolute Gasteiger partial charge is 0.416 e. The van der Waals surface area contributed by atoms with Crippen LogP contribution < -0.4 is 10.6 Å². The topological polar surface area (TPSA) is 124 Å². The summed E-state index contributed by atoms with van der Waals surface area (Å²) in [5.74, 6) is -0.912. The van der Waals surface area contributed by atoms with Crippen molar-refractivity contribution >= 4 is 17.6 Å². The number of aliphatic hydroxyl groups excluding tert-OH is 1. The van der Waals surface area contributed by atoms with E-state index in [4.69, 9.17) is 4.74 Å². The number of aromatic nitrogens is 3. The van der Waals surface area contributed by atoms with Gasteiger partial charge in [-0.1, -0.05) is 12.1 Å². The number of hydrogen-bond donors (Lipinski definition) is 2. The quantitative estimate of drug-likeness (QED) is 0.525. The molecule has 3 aromatic rings. The number of alkyl halides is 3. The van der Waals surface area contributed by atoms with Crippen molar-refractivity contribution in [2.75, 3.05) is 12.0 Å². The molecule has 0 bridgehead atoms. The minimum atomic E-state index is -4.63. The van der Waals surface area contributed by atoms with Crippen LogP contribution in [0.3, 0.4) is 0 Å². The number of anilines is 2. The van der Waals surface area contributed by atoms with Crippen LogP contribution in [0.4, 0.5) is 24.8 Å². The van der Waals surface area contributed by atoms with Crippen molar-refractivity contribution in [3.05, 3.63) is 86.5 Å². The lowest BCUT2D eigenvalue weighted by Crippen LogP contribution is -2.38. The van der Waals surface area contributed by atoms with Crippen molar-refractivity contribution < 1.29 is 27.8 Å². The van der Waals surface area contributed by atoms with Crippen molar-refractivity contribution in [1.82, 2.24) is 14.8 Å². The second-order valence-corrected chi connectivity index (χ2v) is 8.11. The number of hydrogen-bond acceptors (Lipinski definition) is 7. The number of rotatable bonds is 4.